The minimum Gasteiger partial charge on any atom is -0.247 e. The Bertz CT molecular complexity index is 295. The normalized spacial score (nSPS) is 15.5. The van der Waals surface area contributed by atoms with Gasteiger partial charge < -0.3 is 0 Å². The molecule has 0 spiro atoms. The maximum atomic E-state index is 13.4. The first-order valence-corrected chi connectivity index (χ1v) is 4.10. The molecule has 1 unspecified atom stereocenters. The number of hydrogen-bond acceptors (Lipinski definition) is 2. The van der Waals surface area contributed by atoms with E-state index in [0.29, 0.717) is 5.69 Å². The molecule has 72 valence electrons. The molecule has 13 heavy (non-hydrogen) atoms. The van der Waals surface area contributed by atoms with Crippen LogP contribution in [0.4, 0.5) is 8.78 Å². The Hall–Kier alpha value is -0.770. The number of rotatable bonds is 2. The van der Waals surface area contributed by atoms with Gasteiger partial charge in [-0.05, 0) is 19.9 Å². The molecule has 1 aromatic heterocycles. The number of nitrogens with zero attached hydrogens (tertiary/aromatic N) is 2. The van der Waals surface area contributed by atoms with Crippen LogP contribution in [0.5, 0.6) is 0 Å². The van der Waals surface area contributed by atoms with Crippen molar-refractivity contribution in [3.8, 4) is 0 Å². The SMILES string of the molecule is Cc1cc(Cl)nc(C(C)(F)CF)n1. The average molecular weight is 207 g/mol. The minimum absolute atomic E-state index is 0.125. The van der Waals surface area contributed by atoms with Crippen LogP contribution in [0.1, 0.15) is 18.4 Å². The lowest BCUT2D eigenvalue weighted by Crippen LogP contribution is -2.21. The standard InChI is InChI=1S/C8H9ClF2N2/c1-5-3-6(9)13-7(12-5)8(2,11)4-10/h3H,4H2,1-2H3. The summed E-state index contributed by atoms with van der Waals surface area (Å²) < 4.78 is 25.6. The molecule has 1 rings (SSSR count). The van der Waals surface area contributed by atoms with Crippen molar-refractivity contribution in [1.82, 2.24) is 9.97 Å². The number of aromatic nitrogens is 2. The summed E-state index contributed by atoms with van der Waals surface area (Å²) in [5, 5.41) is 0.125. The van der Waals surface area contributed by atoms with E-state index in [0.717, 1.165) is 6.92 Å². The van der Waals surface area contributed by atoms with Crippen LogP contribution >= 0.6 is 11.6 Å². The third kappa shape index (κ3) is 2.34. The summed E-state index contributed by atoms with van der Waals surface area (Å²) in [6, 6.07) is 1.49. The van der Waals surface area contributed by atoms with Gasteiger partial charge in [0.25, 0.3) is 0 Å². The molecule has 0 fully saturated rings. The van der Waals surface area contributed by atoms with Crippen molar-refractivity contribution >= 4 is 11.6 Å². The van der Waals surface area contributed by atoms with Gasteiger partial charge in [0.05, 0.1) is 0 Å². The summed E-state index contributed by atoms with van der Waals surface area (Å²) >= 11 is 5.57. The van der Waals surface area contributed by atoms with Crippen LogP contribution in [0.3, 0.4) is 0 Å². The summed E-state index contributed by atoms with van der Waals surface area (Å²) in [5.41, 5.74) is -1.64. The highest BCUT2D eigenvalue weighted by molar-refractivity contribution is 6.29. The molecular weight excluding hydrogens is 198 g/mol. The number of halogens is 3. The first-order chi connectivity index (χ1) is 5.95. The van der Waals surface area contributed by atoms with E-state index in [1.807, 2.05) is 0 Å². The van der Waals surface area contributed by atoms with Crippen LogP contribution in [0, 0.1) is 6.92 Å². The van der Waals surface area contributed by atoms with Crippen molar-refractivity contribution in [2.45, 2.75) is 19.5 Å². The predicted octanol–water partition coefficient (Wildman–Crippen LogP) is 2.59. The van der Waals surface area contributed by atoms with Gasteiger partial charge in [0.1, 0.15) is 11.8 Å². The van der Waals surface area contributed by atoms with Crippen molar-refractivity contribution in [2.24, 2.45) is 0 Å². The first kappa shape index (κ1) is 10.3. The Labute approximate surface area is 80.0 Å². The van der Waals surface area contributed by atoms with E-state index >= 15 is 0 Å². The lowest BCUT2D eigenvalue weighted by atomic mass is 10.1. The second-order valence-electron chi connectivity index (χ2n) is 2.99. The van der Waals surface area contributed by atoms with E-state index in [9.17, 15) is 8.78 Å². The van der Waals surface area contributed by atoms with Gasteiger partial charge >= 0.3 is 0 Å². The van der Waals surface area contributed by atoms with Crippen LogP contribution in [0.25, 0.3) is 0 Å². The molecule has 0 aliphatic carbocycles. The molecule has 0 radical (unpaired) electrons. The summed E-state index contributed by atoms with van der Waals surface area (Å²) in [4.78, 5) is 7.38. The Morgan fingerprint density at radius 2 is 2.15 bits per heavy atom. The fourth-order valence-corrected chi connectivity index (χ4v) is 1.06. The van der Waals surface area contributed by atoms with E-state index in [4.69, 9.17) is 11.6 Å². The highest BCUT2D eigenvalue weighted by Crippen LogP contribution is 2.23. The smallest absolute Gasteiger partial charge is 0.195 e. The topological polar surface area (TPSA) is 25.8 Å². The van der Waals surface area contributed by atoms with Crippen LogP contribution in [0.2, 0.25) is 5.15 Å². The molecule has 0 aliphatic rings. The predicted molar refractivity (Wildman–Crippen MR) is 46.2 cm³/mol. The van der Waals surface area contributed by atoms with Gasteiger partial charge in [0, 0.05) is 5.69 Å². The average Bonchev–Trinajstić information content (AvgIpc) is 2.02. The van der Waals surface area contributed by atoms with Crippen LogP contribution < -0.4 is 0 Å². The van der Waals surface area contributed by atoms with E-state index in [1.165, 1.54) is 6.07 Å². The molecular formula is C8H9ClF2N2. The van der Waals surface area contributed by atoms with Gasteiger partial charge in [0.15, 0.2) is 11.5 Å². The van der Waals surface area contributed by atoms with Crippen molar-refractivity contribution in [1.29, 1.82) is 0 Å². The Kier molecular flexibility index (Phi) is 2.81. The quantitative estimate of drug-likeness (QED) is 0.696. The van der Waals surface area contributed by atoms with E-state index < -0.39 is 12.3 Å². The van der Waals surface area contributed by atoms with Gasteiger partial charge in [-0.25, -0.2) is 18.7 Å². The Balaban J connectivity index is 3.15. The van der Waals surface area contributed by atoms with Gasteiger partial charge in [0.2, 0.25) is 0 Å². The van der Waals surface area contributed by atoms with Crippen LogP contribution in [-0.4, -0.2) is 16.6 Å². The van der Waals surface area contributed by atoms with Crippen LogP contribution in [0.15, 0.2) is 6.07 Å². The van der Waals surface area contributed by atoms with Gasteiger partial charge in [-0.1, -0.05) is 11.6 Å². The lowest BCUT2D eigenvalue weighted by molar-refractivity contribution is 0.131. The molecule has 0 saturated heterocycles. The summed E-state index contributed by atoms with van der Waals surface area (Å²) in [5.74, 6) is -0.208. The maximum Gasteiger partial charge on any atom is 0.195 e. The molecule has 1 atom stereocenters. The summed E-state index contributed by atoms with van der Waals surface area (Å²) in [7, 11) is 0. The third-order valence-electron chi connectivity index (χ3n) is 1.54. The van der Waals surface area contributed by atoms with E-state index in [2.05, 4.69) is 9.97 Å². The molecule has 1 aromatic rings. The summed E-state index contributed by atoms with van der Waals surface area (Å²) in [6.45, 7) is 1.57. The first-order valence-electron chi connectivity index (χ1n) is 3.72. The second kappa shape index (κ2) is 3.54. The molecule has 1 heterocycles. The molecule has 0 saturated carbocycles. The van der Waals surface area contributed by atoms with Crippen molar-refractivity contribution in [2.75, 3.05) is 6.67 Å². The lowest BCUT2D eigenvalue weighted by Gasteiger charge is -2.14. The van der Waals surface area contributed by atoms with Crippen molar-refractivity contribution in [3.63, 3.8) is 0 Å². The fourth-order valence-electron chi connectivity index (χ4n) is 0.823. The van der Waals surface area contributed by atoms with E-state index in [-0.39, 0.29) is 11.0 Å². The maximum absolute atomic E-state index is 13.4. The van der Waals surface area contributed by atoms with E-state index in [1.54, 1.807) is 6.92 Å². The highest BCUT2D eigenvalue weighted by atomic mass is 35.5. The monoisotopic (exact) mass is 206 g/mol. The van der Waals surface area contributed by atoms with Crippen molar-refractivity contribution < 1.29 is 8.78 Å². The Morgan fingerprint density at radius 3 is 2.62 bits per heavy atom. The summed E-state index contributed by atoms with van der Waals surface area (Å²) in [6.07, 6.45) is 0. The molecule has 5 heteroatoms. The van der Waals surface area contributed by atoms with Gasteiger partial charge in [-0.15, -0.1) is 0 Å². The van der Waals surface area contributed by atoms with Gasteiger partial charge in [-0.3, -0.25) is 0 Å². The molecule has 0 amide bonds. The minimum atomic E-state index is -2.16. The van der Waals surface area contributed by atoms with Gasteiger partial charge in [-0.2, -0.15) is 0 Å². The van der Waals surface area contributed by atoms with Crippen molar-refractivity contribution in [3.05, 3.63) is 22.7 Å². The molecule has 0 bridgehead atoms. The fraction of sp³-hybridized carbons (Fsp3) is 0.500. The third-order valence-corrected chi connectivity index (χ3v) is 1.73. The zero-order chi connectivity index (χ0) is 10.1. The largest absolute Gasteiger partial charge is 0.247 e. The van der Waals surface area contributed by atoms with Crippen LogP contribution in [-0.2, 0) is 5.67 Å². The number of alkyl halides is 2. The highest BCUT2D eigenvalue weighted by Gasteiger charge is 2.29. The number of hydrogen-bond donors (Lipinski definition) is 0. The Morgan fingerprint density at radius 1 is 1.54 bits per heavy atom. The molecule has 0 N–H and O–H groups in total. The number of aryl methyl sites for hydroxylation is 1. The zero-order valence-corrected chi connectivity index (χ0v) is 8.07. The second-order valence-corrected chi connectivity index (χ2v) is 3.37. The molecule has 2 nitrogen and oxygen atoms in total. The molecule has 0 aromatic carbocycles. The molecule has 0 aliphatic heterocycles. The zero-order valence-electron chi connectivity index (χ0n) is 7.31.